The number of benzene rings is 1. The topological polar surface area (TPSA) is 53.2 Å². The fourth-order valence-electron chi connectivity index (χ4n) is 1.49. The fraction of sp³-hybridized carbons (Fsp3) is 0.429. The number of hydrogen-bond acceptors (Lipinski definition) is 2. The lowest BCUT2D eigenvalue weighted by molar-refractivity contribution is 0.252. The highest BCUT2D eigenvalue weighted by atomic mass is 32.1. The summed E-state index contributed by atoms with van der Waals surface area (Å²) in [5, 5.41) is 8.69. The number of rotatable bonds is 3. The van der Waals surface area contributed by atoms with Gasteiger partial charge < -0.3 is 16.0 Å². The van der Waals surface area contributed by atoms with Crippen LogP contribution in [-0.2, 0) is 0 Å². The van der Waals surface area contributed by atoms with Crippen molar-refractivity contribution >= 4 is 28.9 Å². The van der Waals surface area contributed by atoms with E-state index in [2.05, 4.69) is 36.7 Å². The lowest BCUT2D eigenvalue weighted by Crippen LogP contribution is -2.40. The van der Waals surface area contributed by atoms with Crippen LogP contribution in [0.1, 0.15) is 33.3 Å². The zero-order valence-corrected chi connectivity index (χ0v) is 12.6. The van der Waals surface area contributed by atoms with Crippen molar-refractivity contribution in [3.63, 3.8) is 0 Å². The average Bonchev–Trinajstić information content (AvgIpc) is 2.27. The lowest BCUT2D eigenvalue weighted by Gasteiger charge is -2.22. The molecule has 2 amide bonds. The van der Waals surface area contributed by atoms with E-state index < -0.39 is 0 Å². The molecule has 0 saturated heterocycles. The minimum absolute atomic E-state index is 0.0832. The van der Waals surface area contributed by atoms with Crippen LogP contribution in [-0.4, -0.2) is 23.1 Å². The molecule has 1 rings (SSSR count). The Morgan fingerprint density at radius 2 is 2.00 bits per heavy atom. The summed E-state index contributed by atoms with van der Waals surface area (Å²) < 4.78 is 0. The molecule has 19 heavy (non-hydrogen) atoms. The second kappa shape index (κ2) is 6.52. The SMILES string of the molecule is CCNC(=O)Nc1cccc(C(=S)NC(C)(C)C)c1. The number of thiocarbonyl (C=S) groups is 1. The molecule has 4 nitrogen and oxygen atoms in total. The van der Waals surface area contributed by atoms with Gasteiger partial charge in [0.1, 0.15) is 4.99 Å². The molecule has 0 atom stereocenters. The summed E-state index contributed by atoms with van der Waals surface area (Å²) in [4.78, 5) is 12.1. The summed E-state index contributed by atoms with van der Waals surface area (Å²) in [5.74, 6) is 0. The van der Waals surface area contributed by atoms with Crippen molar-refractivity contribution in [2.24, 2.45) is 0 Å². The monoisotopic (exact) mass is 279 g/mol. The number of carbonyl (C=O) groups excluding carboxylic acids is 1. The van der Waals surface area contributed by atoms with Gasteiger partial charge >= 0.3 is 6.03 Å². The van der Waals surface area contributed by atoms with Gasteiger partial charge in [-0.2, -0.15) is 0 Å². The van der Waals surface area contributed by atoms with E-state index in [4.69, 9.17) is 12.2 Å². The van der Waals surface area contributed by atoms with E-state index in [0.717, 1.165) is 11.3 Å². The van der Waals surface area contributed by atoms with Gasteiger partial charge in [-0.3, -0.25) is 0 Å². The molecule has 104 valence electrons. The third-order valence-electron chi connectivity index (χ3n) is 2.21. The van der Waals surface area contributed by atoms with Crippen molar-refractivity contribution in [1.29, 1.82) is 0 Å². The van der Waals surface area contributed by atoms with E-state index in [1.807, 2.05) is 31.2 Å². The summed E-state index contributed by atoms with van der Waals surface area (Å²) in [6.45, 7) is 8.62. The predicted octanol–water partition coefficient (Wildman–Crippen LogP) is 2.89. The normalized spacial score (nSPS) is 10.7. The second-order valence-corrected chi connectivity index (χ2v) is 5.68. The average molecular weight is 279 g/mol. The zero-order valence-electron chi connectivity index (χ0n) is 11.8. The van der Waals surface area contributed by atoms with Crippen molar-refractivity contribution in [3.8, 4) is 0 Å². The number of urea groups is 1. The molecule has 0 aliphatic heterocycles. The number of nitrogens with one attached hydrogen (secondary N) is 3. The summed E-state index contributed by atoms with van der Waals surface area (Å²) in [6, 6.07) is 7.26. The minimum atomic E-state index is -0.214. The molecule has 0 unspecified atom stereocenters. The van der Waals surface area contributed by atoms with Crippen LogP contribution in [0.2, 0.25) is 0 Å². The molecule has 0 aromatic heterocycles. The Morgan fingerprint density at radius 1 is 1.32 bits per heavy atom. The van der Waals surface area contributed by atoms with Gasteiger partial charge in [-0.1, -0.05) is 24.4 Å². The molecule has 0 aliphatic carbocycles. The molecule has 0 radical (unpaired) electrons. The first kappa shape index (κ1) is 15.4. The molecule has 1 aromatic carbocycles. The van der Waals surface area contributed by atoms with Crippen LogP contribution in [0.15, 0.2) is 24.3 Å². The Morgan fingerprint density at radius 3 is 2.58 bits per heavy atom. The number of amides is 2. The number of carbonyl (C=O) groups is 1. The molecule has 0 heterocycles. The molecular formula is C14H21N3OS. The lowest BCUT2D eigenvalue weighted by atomic mass is 10.1. The third kappa shape index (κ3) is 5.70. The third-order valence-corrected chi connectivity index (χ3v) is 2.55. The zero-order chi connectivity index (χ0) is 14.5. The molecule has 0 saturated carbocycles. The highest BCUT2D eigenvalue weighted by Gasteiger charge is 2.12. The Balaban J connectivity index is 2.77. The molecule has 0 bridgehead atoms. The maximum absolute atomic E-state index is 11.5. The van der Waals surface area contributed by atoms with Crippen molar-refractivity contribution < 1.29 is 4.79 Å². The van der Waals surface area contributed by atoms with Gasteiger partial charge in [0.05, 0.1) is 0 Å². The Bertz CT molecular complexity index is 466. The summed E-state index contributed by atoms with van der Waals surface area (Å²) >= 11 is 5.35. The van der Waals surface area contributed by atoms with E-state index >= 15 is 0 Å². The van der Waals surface area contributed by atoms with Crippen LogP contribution in [0, 0.1) is 0 Å². The van der Waals surface area contributed by atoms with Crippen LogP contribution >= 0.6 is 12.2 Å². The largest absolute Gasteiger partial charge is 0.371 e. The van der Waals surface area contributed by atoms with Crippen LogP contribution in [0.3, 0.4) is 0 Å². The van der Waals surface area contributed by atoms with Gasteiger partial charge in [-0.15, -0.1) is 0 Å². The first-order chi connectivity index (χ1) is 8.81. The Hall–Kier alpha value is -1.62. The highest BCUT2D eigenvalue weighted by molar-refractivity contribution is 7.80. The van der Waals surface area contributed by atoms with Gasteiger partial charge in [0.2, 0.25) is 0 Å². The van der Waals surface area contributed by atoms with Crippen LogP contribution in [0.4, 0.5) is 10.5 Å². The van der Waals surface area contributed by atoms with Gasteiger partial charge in [0, 0.05) is 23.3 Å². The van der Waals surface area contributed by atoms with Crippen LogP contribution in [0.25, 0.3) is 0 Å². The maximum Gasteiger partial charge on any atom is 0.319 e. The molecule has 3 N–H and O–H groups in total. The molecule has 0 aliphatic rings. The minimum Gasteiger partial charge on any atom is -0.371 e. The van der Waals surface area contributed by atoms with Crippen molar-refractivity contribution in [1.82, 2.24) is 10.6 Å². The van der Waals surface area contributed by atoms with Crippen LogP contribution < -0.4 is 16.0 Å². The summed E-state index contributed by atoms with van der Waals surface area (Å²) in [7, 11) is 0. The predicted molar refractivity (Wildman–Crippen MR) is 83.7 cm³/mol. The first-order valence-corrected chi connectivity index (χ1v) is 6.70. The molecule has 1 aromatic rings. The second-order valence-electron chi connectivity index (χ2n) is 5.27. The molecule has 0 spiro atoms. The van der Waals surface area contributed by atoms with Crippen molar-refractivity contribution in [2.45, 2.75) is 33.2 Å². The highest BCUT2D eigenvalue weighted by Crippen LogP contribution is 2.12. The first-order valence-electron chi connectivity index (χ1n) is 6.29. The van der Waals surface area contributed by atoms with E-state index in [-0.39, 0.29) is 11.6 Å². The number of hydrogen-bond donors (Lipinski definition) is 3. The van der Waals surface area contributed by atoms with Gasteiger partial charge in [0.15, 0.2) is 0 Å². The maximum atomic E-state index is 11.5. The van der Waals surface area contributed by atoms with Crippen molar-refractivity contribution in [3.05, 3.63) is 29.8 Å². The standard InChI is InChI=1S/C14H21N3OS/c1-5-15-13(18)16-11-8-6-7-10(9-11)12(19)17-14(2,3)4/h6-9H,5H2,1-4H3,(H,17,19)(H2,15,16,18). The Kier molecular flexibility index (Phi) is 5.30. The van der Waals surface area contributed by atoms with Crippen LogP contribution in [0.5, 0.6) is 0 Å². The summed E-state index contributed by atoms with van der Waals surface area (Å²) in [6.07, 6.45) is 0. The van der Waals surface area contributed by atoms with Gasteiger partial charge in [0.25, 0.3) is 0 Å². The molecule has 5 heteroatoms. The number of anilines is 1. The van der Waals surface area contributed by atoms with Gasteiger partial charge in [-0.05, 0) is 39.8 Å². The quantitative estimate of drug-likeness (QED) is 0.746. The summed E-state index contributed by atoms with van der Waals surface area (Å²) in [5.41, 5.74) is 1.53. The smallest absolute Gasteiger partial charge is 0.319 e. The van der Waals surface area contributed by atoms with E-state index in [9.17, 15) is 4.79 Å². The molecular weight excluding hydrogens is 258 g/mol. The van der Waals surface area contributed by atoms with Gasteiger partial charge in [-0.25, -0.2) is 4.79 Å². The fourth-order valence-corrected chi connectivity index (χ4v) is 1.92. The van der Waals surface area contributed by atoms with E-state index in [0.29, 0.717) is 11.5 Å². The molecule has 0 fully saturated rings. The van der Waals surface area contributed by atoms with Crippen molar-refractivity contribution in [2.75, 3.05) is 11.9 Å². The van der Waals surface area contributed by atoms with E-state index in [1.165, 1.54) is 0 Å². The van der Waals surface area contributed by atoms with E-state index in [1.54, 1.807) is 0 Å². The Labute approximate surface area is 120 Å².